The van der Waals surface area contributed by atoms with Gasteiger partial charge in [0, 0.05) is 5.56 Å². The van der Waals surface area contributed by atoms with Gasteiger partial charge in [0.25, 0.3) is 8.32 Å². The van der Waals surface area contributed by atoms with E-state index in [1.165, 1.54) is 16.0 Å². The number of carboxylic acids is 1. The van der Waals surface area contributed by atoms with E-state index in [0.29, 0.717) is 6.42 Å². The predicted octanol–water partition coefficient (Wildman–Crippen LogP) is 7.09. The third-order valence-corrected chi connectivity index (χ3v) is 12.3. The van der Waals surface area contributed by atoms with Crippen molar-refractivity contribution in [2.75, 3.05) is 0 Å². The van der Waals surface area contributed by atoms with Crippen molar-refractivity contribution in [1.82, 2.24) is 0 Å². The van der Waals surface area contributed by atoms with Crippen LogP contribution in [0.3, 0.4) is 0 Å². The van der Waals surface area contributed by atoms with Crippen LogP contribution in [0.15, 0.2) is 4.90 Å². The molecule has 0 bridgehead atoms. The average Bonchev–Trinajstić information content (AvgIpc) is 3.00. The molecule has 0 aromatic heterocycles. The largest absolute Gasteiger partial charge is 0.543 e. The van der Waals surface area contributed by atoms with Crippen LogP contribution in [0.1, 0.15) is 70.6 Å². The molecule has 0 saturated heterocycles. The molecule has 29 heavy (non-hydrogen) atoms. The Labute approximate surface area is 181 Å². The molecule has 1 aromatic carbocycles. The third kappa shape index (κ3) is 4.96. The van der Waals surface area contributed by atoms with Gasteiger partial charge in [-0.05, 0) is 83.1 Å². The molecule has 1 heterocycles. The molecule has 0 amide bonds. The minimum absolute atomic E-state index is 0.0366. The normalized spacial score (nSPS) is 17.1. The van der Waals surface area contributed by atoms with Crippen LogP contribution >= 0.6 is 11.8 Å². The van der Waals surface area contributed by atoms with E-state index in [9.17, 15) is 9.90 Å². The third-order valence-electron chi connectivity index (χ3n) is 6.61. The molecule has 1 aromatic rings. The number of hydrogen-bond donors (Lipinski definition) is 1. The molecule has 0 spiro atoms. The Morgan fingerprint density at radius 1 is 1.10 bits per heavy atom. The highest BCUT2D eigenvalue weighted by Gasteiger charge is 2.41. The molecule has 6 heteroatoms. The zero-order valence-corrected chi connectivity index (χ0v) is 21.6. The molecule has 1 unspecified atom stereocenters. The first-order valence-electron chi connectivity index (χ1n) is 10.5. The summed E-state index contributed by atoms with van der Waals surface area (Å²) in [6.45, 7) is 21.3. The standard InChI is InChI=1S/C23H38O4SSi/c1-14-15(2)19-20(16(3)18(14)27-29(9,10)22(4,5)6)28-17(26-19)12-11-13-23(7,8)21(24)25/h17H,11-13H2,1-10H3,(H,24,25). The van der Waals surface area contributed by atoms with Crippen molar-refractivity contribution >= 4 is 26.0 Å². The van der Waals surface area contributed by atoms with Crippen molar-refractivity contribution in [3.63, 3.8) is 0 Å². The fourth-order valence-electron chi connectivity index (χ4n) is 3.13. The highest BCUT2D eigenvalue weighted by Crippen LogP contribution is 2.52. The van der Waals surface area contributed by atoms with E-state index >= 15 is 0 Å². The van der Waals surface area contributed by atoms with Gasteiger partial charge in [-0.3, -0.25) is 4.79 Å². The summed E-state index contributed by atoms with van der Waals surface area (Å²) in [6.07, 6.45) is 2.32. The van der Waals surface area contributed by atoms with Gasteiger partial charge in [0.2, 0.25) is 0 Å². The molecule has 0 aliphatic carbocycles. The quantitative estimate of drug-likeness (QED) is 0.461. The summed E-state index contributed by atoms with van der Waals surface area (Å²) in [4.78, 5) is 12.5. The van der Waals surface area contributed by atoms with Crippen LogP contribution in [-0.4, -0.2) is 24.8 Å². The first-order chi connectivity index (χ1) is 13.1. The molecule has 0 radical (unpaired) electrons. The number of thioether (sulfide) groups is 1. The van der Waals surface area contributed by atoms with Crippen LogP contribution in [0.4, 0.5) is 0 Å². The second-order valence-corrected chi connectivity index (χ2v) is 16.4. The Hall–Kier alpha value is -1.14. The smallest absolute Gasteiger partial charge is 0.309 e. The molecular weight excluding hydrogens is 400 g/mol. The first kappa shape index (κ1) is 24.1. The number of benzene rings is 1. The zero-order chi connectivity index (χ0) is 22.4. The monoisotopic (exact) mass is 438 g/mol. The summed E-state index contributed by atoms with van der Waals surface area (Å²) in [7, 11) is -1.94. The number of fused-ring (bicyclic) bond motifs is 1. The van der Waals surface area contributed by atoms with Crippen LogP contribution in [0.25, 0.3) is 0 Å². The molecule has 0 saturated carbocycles. The molecule has 1 aliphatic heterocycles. The first-order valence-corrected chi connectivity index (χ1v) is 14.3. The maximum absolute atomic E-state index is 11.3. The molecule has 1 aliphatic rings. The van der Waals surface area contributed by atoms with Gasteiger partial charge in [-0.1, -0.05) is 32.5 Å². The minimum Gasteiger partial charge on any atom is -0.543 e. The Morgan fingerprint density at radius 2 is 1.69 bits per heavy atom. The molecular formula is C23H38O4SSi. The maximum Gasteiger partial charge on any atom is 0.309 e. The predicted molar refractivity (Wildman–Crippen MR) is 124 cm³/mol. The van der Waals surface area contributed by atoms with Gasteiger partial charge in [0.05, 0.1) is 10.3 Å². The van der Waals surface area contributed by atoms with Gasteiger partial charge in [-0.25, -0.2) is 0 Å². The summed E-state index contributed by atoms with van der Waals surface area (Å²) in [5.74, 6) is 1.27. The maximum atomic E-state index is 11.3. The summed E-state index contributed by atoms with van der Waals surface area (Å²) < 4.78 is 13.0. The van der Waals surface area contributed by atoms with Crippen molar-refractivity contribution in [3.05, 3.63) is 16.7 Å². The number of ether oxygens (including phenoxy) is 1. The fourth-order valence-corrected chi connectivity index (χ4v) is 5.53. The van der Waals surface area contributed by atoms with Gasteiger partial charge in [-0.2, -0.15) is 0 Å². The van der Waals surface area contributed by atoms with E-state index < -0.39 is 19.7 Å². The van der Waals surface area contributed by atoms with Gasteiger partial charge in [-0.15, -0.1) is 0 Å². The lowest BCUT2D eigenvalue weighted by molar-refractivity contribution is -0.147. The van der Waals surface area contributed by atoms with Crippen molar-refractivity contribution in [3.8, 4) is 11.5 Å². The molecule has 164 valence electrons. The Bertz CT molecular complexity index is 793. The molecule has 1 atom stereocenters. The summed E-state index contributed by atoms with van der Waals surface area (Å²) in [5.41, 5.74) is 2.84. The molecule has 1 N–H and O–H groups in total. The van der Waals surface area contributed by atoms with E-state index in [4.69, 9.17) is 9.16 Å². The zero-order valence-electron chi connectivity index (χ0n) is 19.8. The Morgan fingerprint density at radius 3 is 2.21 bits per heavy atom. The van der Waals surface area contributed by atoms with Crippen LogP contribution < -0.4 is 9.16 Å². The van der Waals surface area contributed by atoms with Crippen molar-refractivity contribution in [2.24, 2.45) is 5.41 Å². The van der Waals surface area contributed by atoms with E-state index in [0.717, 1.165) is 29.9 Å². The lowest BCUT2D eigenvalue weighted by Crippen LogP contribution is -2.44. The summed E-state index contributed by atoms with van der Waals surface area (Å²) in [6, 6.07) is 0. The van der Waals surface area contributed by atoms with E-state index in [-0.39, 0.29) is 10.5 Å². The van der Waals surface area contributed by atoms with Gasteiger partial charge in [0.15, 0.2) is 0 Å². The summed E-state index contributed by atoms with van der Waals surface area (Å²) >= 11 is 1.76. The average molecular weight is 439 g/mol. The highest BCUT2D eigenvalue weighted by molar-refractivity contribution is 8.00. The van der Waals surface area contributed by atoms with Crippen molar-refractivity contribution in [1.29, 1.82) is 0 Å². The second-order valence-electron chi connectivity index (χ2n) is 10.5. The molecule has 0 fully saturated rings. The van der Waals surface area contributed by atoms with Crippen molar-refractivity contribution < 1.29 is 19.1 Å². The van der Waals surface area contributed by atoms with E-state index in [1.54, 1.807) is 25.6 Å². The lowest BCUT2D eigenvalue weighted by Gasteiger charge is -2.37. The van der Waals surface area contributed by atoms with Gasteiger partial charge >= 0.3 is 5.97 Å². The highest BCUT2D eigenvalue weighted by atomic mass is 32.2. The minimum atomic E-state index is -1.94. The fraction of sp³-hybridized carbons (Fsp3) is 0.696. The Balaban J connectivity index is 2.21. The lowest BCUT2D eigenvalue weighted by atomic mass is 9.87. The number of hydrogen-bond acceptors (Lipinski definition) is 4. The number of rotatable bonds is 7. The topological polar surface area (TPSA) is 55.8 Å². The van der Waals surface area contributed by atoms with Crippen LogP contribution in [0.2, 0.25) is 18.1 Å². The number of carboxylic acid groups (broad SMARTS) is 1. The van der Waals surface area contributed by atoms with Gasteiger partial charge < -0.3 is 14.3 Å². The Kier molecular flexibility index (Phi) is 6.80. The number of aliphatic carboxylic acids is 1. The van der Waals surface area contributed by atoms with Gasteiger partial charge in [0.1, 0.15) is 16.9 Å². The van der Waals surface area contributed by atoms with Crippen LogP contribution in [-0.2, 0) is 4.79 Å². The van der Waals surface area contributed by atoms with E-state index in [1.807, 2.05) is 0 Å². The van der Waals surface area contributed by atoms with Crippen LogP contribution in [0, 0.1) is 26.2 Å². The molecule has 2 rings (SSSR count). The summed E-state index contributed by atoms with van der Waals surface area (Å²) in [5, 5.41) is 9.45. The number of carbonyl (C=O) groups is 1. The van der Waals surface area contributed by atoms with E-state index in [2.05, 4.69) is 54.6 Å². The molecule has 4 nitrogen and oxygen atoms in total. The second kappa shape index (κ2) is 8.18. The van der Waals surface area contributed by atoms with Crippen molar-refractivity contribution in [2.45, 2.75) is 103 Å². The van der Waals surface area contributed by atoms with Crippen LogP contribution in [0.5, 0.6) is 11.5 Å². The SMILES string of the molecule is Cc1c(C)c2c(c(C)c1O[Si](C)(C)C(C)(C)C)SC(CCCC(C)(C)C(=O)O)O2.